The molecule has 0 saturated heterocycles. The average molecular weight is 249 g/mol. The molecular weight excluding hydrogens is 226 g/mol. The van der Waals surface area contributed by atoms with Crippen molar-refractivity contribution in [2.24, 2.45) is 5.73 Å². The van der Waals surface area contributed by atoms with Crippen LogP contribution in [-0.4, -0.2) is 25.0 Å². The molecule has 1 unspecified atom stereocenters. The van der Waals surface area contributed by atoms with Gasteiger partial charge in [0.1, 0.15) is 0 Å². The maximum atomic E-state index is 11.7. The molecule has 0 spiro atoms. The lowest BCUT2D eigenvalue weighted by Crippen LogP contribution is -2.37. The molecule has 1 rings (SSSR count). The third-order valence-electron chi connectivity index (χ3n) is 3.04. The Morgan fingerprint density at radius 2 is 1.78 bits per heavy atom. The summed E-state index contributed by atoms with van der Waals surface area (Å²) in [6, 6.07) is 3.94. The van der Waals surface area contributed by atoms with Gasteiger partial charge in [0.25, 0.3) is 0 Å². The van der Waals surface area contributed by atoms with Crippen LogP contribution in [0.3, 0.4) is 0 Å². The topological polar surface area (TPSA) is 58.4 Å². The number of nitrogens with one attached hydrogen (secondary N) is 1. The second-order valence-electron chi connectivity index (χ2n) is 5.03. The first kappa shape index (κ1) is 14.7. The second kappa shape index (κ2) is 5.98. The zero-order valence-electron chi connectivity index (χ0n) is 11.9. The van der Waals surface area contributed by atoms with E-state index in [9.17, 15) is 4.79 Å². The van der Waals surface area contributed by atoms with Crippen LogP contribution >= 0.6 is 0 Å². The van der Waals surface area contributed by atoms with Gasteiger partial charge in [0, 0.05) is 26.6 Å². The van der Waals surface area contributed by atoms with Crippen molar-refractivity contribution in [3.63, 3.8) is 0 Å². The van der Waals surface area contributed by atoms with Crippen molar-refractivity contribution in [2.45, 2.75) is 33.2 Å². The highest BCUT2D eigenvalue weighted by Gasteiger charge is 2.14. The Labute approximate surface area is 109 Å². The Morgan fingerprint density at radius 3 is 2.33 bits per heavy atom. The van der Waals surface area contributed by atoms with Gasteiger partial charge < -0.3 is 5.73 Å². The summed E-state index contributed by atoms with van der Waals surface area (Å²) in [5.41, 5.74) is 13.5. The lowest BCUT2D eigenvalue weighted by atomic mass is 9.94. The Hall–Kier alpha value is -1.39. The van der Waals surface area contributed by atoms with Crippen molar-refractivity contribution >= 4 is 5.91 Å². The molecule has 0 aliphatic heterocycles. The number of nitrogens with two attached hydrogens (primary N) is 1. The number of aryl methyl sites for hydroxylation is 3. The van der Waals surface area contributed by atoms with Crippen LogP contribution in [0.15, 0.2) is 12.1 Å². The van der Waals surface area contributed by atoms with E-state index in [-0.39, 0.29) is 11.9 Å². The molecule has 0 fully saturated rings. The molecule has 4 heteroatoms. The molecule has 4 nitrogen and oxygen atoms in total. The van der Waals surface area contributed by atoms with E-state index in [4.69, 9.17) is 5.73 Å². The molecule has 0 radical (unpaired) electrons. The van der Waals surface area contributed by atoms with Crippen molar-refractivity contribution < 1.29 is 4.79 Å². The van der Waals surface area contributed by atoms with Crippen LogP contribution in [0, 0.1) is 20.8 Å². The predicted molar refractivity (Wildman–Crippen MR) is 74.0 cm³/mol. The minimum atomic E-state index is -0.260. The maximum Gasteiger partial charge on any atom is 0.236 e. The van der Waals surface area contributed by atoms with Gasteiger partial charge in [-0.25, -0.2) is 5.01 Å². The molecule has 1 amide bonds. The number of carbonyl (C=O) groups is 1. The fraction of sp³-hybridized carbons (Fsp3) is 0.500. The van der Waals surface area contributed by atoms with Gasteiger partial charge in [-0.05, 0) is 43.0 Å². The Bertz CT molecular complexity index is 441. The monoisotopic (exact) mass is 249 g/mol. The highest BCUT2D eigenvalue weighted by molar-refractivity contribution is 5.76. The lowest BCUT2D eigenvalue weighted by molar-refractivity contribution is -0.125. The molecule has 0 bridgehead atoms. The Balaban J connectivity index is 2.81. The number of hydrazine groups is 1. The zero-order valence-corrected chi connectivity index (χ0v) is 11.9. The summed E-state index contributed by atoms with van der Waals surface area (Å²) < 4.78 is 0. The van der Waals surface area contributed by atoms with Gasteiger partial charge in [-0.2, -0.15) is 0 Å². The van der Waals surface area contributed by atoms with Gasteiger partial charge in [-0.15, -0.1) is 0 Å². The van der Waals surface area contributed by atoms with Crippen LogP contribution in [0.4, 0.5) is 0 Å². The number of benzene rings is 1. The quantitative estimate of drug-likeness (QED) is 0.797. The minimum absolute atomic E-state index is 0.0647. The molecule has 1 atom stereocenters. The first-order chi connectivity index (χ1) is 8.31. The summed E-state index contributed by atoms with van der Waals surface area (Å²) in [6.45, 7) is 6.17. The van der Waals surface area contributed by atoms with E-state index in [0.717, 1.165) is 11.1 Å². The van der Waals surface area contributed by atoms with Crippen LogP contribution in [0.25, 0.3) is 0 Å². The highest BCUT2D eigenvalue weighted by atomic mass is 16.2. The summed E-state index contributed by atoms with van der Waals surface area (Å²) >= 11 is 0. The predicted octanol–water partition coefficient (Wildman–Crippen LogP) is 1.59. The van der Waals surface area contributed by atoms with E-state index < -0.39 is 0 Å². The molecule has 3 N–H and O–H groups in total. The normalized spacial score (nSPS) is 12.6. The van der Waals surface area contributed by atoms with Gasteiger partial charge in [-0.1, -0.05) is 12.1 Å². The fourth-order valence-electron chi connectivity index (χ4n) is 1.99. The standard InChI is InChI=1S/C14H23N3O/c1-9-6-11(3)12(7-10(9)2)13(15)8-14(18)16-17(4)5/h6-7,13H,8,15H2,1-5H3,(H,16,18). The van der Waals surface area contributed by atoms with Crippen molar-refractivity contribution in [1.82, 2.24) is 10.4 Å². The zero-order chi connectivity index (χ0) is 13.9. The summed E-state index contributed by atoms with van der Waals surface area (Å²) in [6.07, 6.45) is 0.293. The summed E-state index contributed by atoms with van der Waals surface area (Å²) in [5.74, 6) is -0.0647. The minimum Gasteiger partial charge on any atom is -0.324 e. The molecule has 100 valence electrons. The van der Waals surface area contributed by atoms with Crippen LogP contribution < -0.4 is 11.2 Å². The van der Waals surface area contributed by atoms with E-state index in [1.54, 1.807) is 19.1 Å². The van der Waals surface area contributed by atoms with E-state index in [1.165, 1.54) is 11.1 Å². The van der Waals surface area contributed by atoms with E-state index in [2.05, 4.69) is 31.4 Å². The van der Waals surface area contributed by atoms with E-state index in [0.29, 0.717) is 6.42 Å². The van der Waals surface area contributed by atoms with Crippen LogP contribution in [0.2, 0.25) is 0 Å². The summed E-state index contributed by atoms with van der Waals surface area (Å²) in [4.78, 5) is 11.7. The van der Waals surface area contributed by atoms with E-state index in [1.807, 2.05) is 6.92 Å². The molecule has 1 aromatic carbocycles. The van der Waals surface area contributed by atoms with Gasteiger partial charge >= 0.3 is 0 Å². The third-order valence-corrected chi connectivity index (χ3v) is 3.04. The lowest BCUT2D eigenvalue weighted by Gasteiger charge is -2.18. The highest BCUT2D eigenvalue weighted by Crippen LogP contribution is 2.22. The SMILES string of the molecule is Cc1cc(C)c(C(N)CC(=O)NN(C)C)cc1C. The molecule has 0 saturated carbocycles. The van der Waals surface area contributed by atoms with Gasteiger partial charge in [0.2, 0.25) is 5.91 Å². The van der Waals surface area contributed by atoms with Gasteiger partial charge in [0.15, 0.2) is 0 Å². The molecule has 1 aromatic rings. The van der Waals surface area contributed by atoms with Crippen molar-refractivity contribution in [1.29, 1.82) is 0 Å². The first-order valence-corrected chi connectivity index (χ1v) is 6.11. The van der Waals surface area contributed by atoms with Crippen molar-refractivity contribution in [2.75, 3.05) is 14.1 Å². The molecule has 0 aliphatic rings. The number of rotatable bonds is 4. The smallest absolute Gasteiger partial charge is 0.236 e. The van der Waals surface area contributed by atoms with Crippen molar-refractivity contribution in [3.8, 4) is 0 Å². The summed E-state index contributed by atoms with van der Waals surface area (Å²) in [5, 5.41) is 1.63. The van der Waals surface area contributed by atoms with Crippen LogP contribution in [-0.2, 0) is 4.79 Å². The van der Waals surface area contributed by atoms with E-state index >= 15 is 0 Å². The van der Waals surface area contributed by atoms with Crippen LogP contribution in [0.1, 0.15) is 34.7 Å². The molecule has 0 heterocycles. The molecule has 18 heavy (non-hydrogen) atoms. The second-order valence-corrected chi connectivity index (χ2v) is 5.03. The molecule has 0 aliphatic carbocycles. The molecule has 0 aromatic heterocycles. The van der Waals surface area contributed by atoms with Gasteiger partial charge in [0.05, 0.1) is 0 Å². The number of nitrogens with zero attached hydrogens (tertiary/aromatic N) is 1. The van der Waals surface area contributed by atoms with Gasteiger partial charge in [-0.3, -0.25) is 10.2 Å². The third kappa shape index (κ3) is 3.82. The average Bonchev–Trinajstić information content (AvgIpc) is 2.21. The summed E-state index contributed by atoms with van der Waals surface area (Å²) in [7, 11) is 3.56. The first-order valence-electron chi connectivity index (χ1n) is 6.11. The molecular formula is C14H23N3O. The van der Waals surface area contributed by atoms with Crippen molar-refractivity contribution in [3.05, 3.63) is 34.4 Å². The largest absolute Gasteiger partial charge is 0.324 e. The number of hydrogen-bond acceptors (Lipinski definition) is 3. The fourth-order valence-corrected chi connectivity index (χ4v) is 1.99. The number of hydrogen-bond donors (Lipinski definition) is 2. The Kier molecular flexibility index (Phi) is 4.87. The Morgan fingerprint density at radius 1 is 1.22 bits per heavy atom. The number of carbonyl (C=O) groups excluding carboxylic acids is 1. The van der Waals surface area contributed by atoms with Crippen LogP contribution in [0.5, 0.6) is 0 Å². The maximum absolute atomic E-state index is 11.7. The number of amides is 1.